The third-order valence-electron chi connectivity index (χ3n) is 5.34. The molecule has 3 rings (SSSR count). The first-order valence-electron chi connectivity index (χ1n) is 8.01. The number of ether oxygens (including phenoxy) is 1. The normalized spacial score (nSPS) is 27.8. The second kappa shape index (κ2) is 6.22. The SMILES string of the molecule is CCO[C@H]1C[C@H](O)C12CCN(Cc1c(F)cccc1F)CC2. The first-order chi connectivity index (χ1) is 10.6. The lowest BCUT2D eigenvalue weighted by atomic mass is 9.58. The predicted octanol–water partition coefficient (Wildman–Crippen LogP) is 2.72. The van der Waals surface area contributed by atoms with Crippen molar-refractivity contribution in [2.75, 3.05) is 19.7 Å². The molecule has 0 unspecified atom stereocenters. The minimum Gasteiger partial charge on any atom is -0.392 e. The van der Waals surface area contributed by atoms with E-state index in [0.29, 0.717) is 13.0 Å². The summed E-state index contributed by atoms with van der Waals surface area (Å²) in [5.74, 6) is -0.979. The zero-order valence-corrected chi connectivity index (χ0v) is 12.9. The maximum atomic E-state index is 13.7. The van der Waals surface area contributed by atoms with Crippen molar-refractivity contribution in [1.82, 2.24) is 4.90 Å². The van der Waals surface area contributed by atoms with Gasteiger partial charge in [0, 0.05) is 30.6 Å². The van der Waals surface area contributed by atoms with Gasteiger partial charge in [0.25, 0.3) is 0 Å². The van der Waals surface area contributed by atoms with E-state index in [2.05, 4.69) is 4.90 Å². The third kappa shape index (κ3) is 2.66. The monoisotopic (exact) mass is 311 g/mol. The zero-order chi connectivity index (χ0) is 15.7. The van der Waals surface area contributed by atoms with Crippen molar-refractivity contribution in [3.05, 3.63) is 35.4 Å². The number of likely N-dealkylation sites (tertiary alicyclic amines) is 1. The molecule has 1 saturated carbocycles. The maximum Gasteiger partial charge on any atom is 0.130 e. The zero-order valence-electron chi connectivity index (χ0n) is 12.9. The van der Waals surface area contributed by atoms with Crippen LogP contribution < -0.4 is 0 Å². The molecule has 1 aliphatic carbocycles. The van der Waals surface area contributed by atoms with Gasteiger partial charge in [0.05, 0.1) is 12.2 Å². The summed E-state index contributed by atoms with van der Waals surface area (Å²) in [6.45, 7) is 4.37. The minimum atomic E-state index is -0.490. The van der Waals surface area contributed by atoms with Crippen LogP contribution >= 0.6 is 0 Å². The maximum absolute atomic E-state index is 13.7. The fraction of sp³-hybridized carbons (Fsp3) is 0.647. The molecule has 1 spiro atoms. The van der Waals surface area contributed by atoms with Crippen LogP contribution in [0.25, 0.3) is 0 Å². The van der Waals surface area contributed by atoms with Crippen molar-refractivity contribution in [3.8, 4) is 0 Å². The second-order valence-corrected chi connectivity index (χ2v) is 6.41. The van der Waals surface area contributed by atoms with E-state index in [0.717, 1.165) is 25.9 Å². The number of hydrogen-bond donors (Lipinski definition) is 1. The Morgan fingerprint density at radius 2 is 1.91 bits per heavy atom. The molecule has 0 amide bonds. The van der Waals surface area contributed by atoms with Crippen molar-refractivity contribution in [2.24, 2.45) is 5.41 Å². The van der Waals surface area contributed by atoms with E-state index >= 15 is 0 Å². The molecule has 0 aromatic heterocycles. The lowest BCUT2D eigenvalue weighted by molar-refractivity contribution is -0.210. The predicted molar refractivity (Wildman–Crippen MR) is 79.3 cm³/mol. The molecule has 1 N–H and O–H groups in total. The Bertz CT molecular complexity index is 507. The van der Waals surface area contributed by atoms with Crippen molar-refractivity contribution in [3.63, 3.8) is 0 Å². The molecule has 0 radical (unpaired) electrons. The van der Waals surface area contributed by atoms with E-state index in [9.17, 15) is 13.9 Å². The van der Waals surface area contributed by atoms with Crippen LogP contribution in [-0.2, 0) is 11.3 Å². The van der Waals surface area contributed by atoms with E-state index in [1.54, 1.807) is 0 Å². The minimum absolute atomic E-state index is 0.125. The van der Waals surface area contributed by atoms with Gasteiger partial charge < -0.3 is 9.84 Å². The largest absolute Gasteiger partial charge is 0.392 e. The van der Waals surface area contributed by atoms with Crippen LogP contribution in [0.2, 0.25) is 0 Å². The van der Waals surface area contributed by atoms with Crippen molar-refractivity contribution >= 4 is 0 Å². The van der Waals surface area contributed by atoms with Gasteiger partial charge in [-0.05, 0) is 45.0 Å². The molecule has 1 heterocycles. The van der Waals surface area contributed by atoms with Gasteiger partial charge in [-0.3, -0.25) is 4.90 Å². The van der Waals surface area contributed by atoms with Gasteiger partial charge in [0.15, 0.2) is 0 Å². The summed E-state index contributed by atoms with van der Waals surface area (Å²) in [7, 11) is 0. The van der Waals surface area contributed by atoms with Crippen LogP contribution in [0.5, 0.6) is 0 Å². The molecule has 1 aromatic carbocycles. The molecule has 0 bridgehead atoms. The number of aliphatic hydroxyl groups is 1. The smallest absolute Gasteiger partial charge is 0.130 e. The molecule has 2 fully saturated rings. The summed E-state index contributed by atoms with van der Waals surface area (Å²) in [4.78, 5) is 2.06. The van der Waals surface area contributed by atoms with Gasteiger partial charge in [-0.2, -0.15) is 0 Å². The van der Waals surface area contributed by atoms with E-state index in [1.807, 2.05) is 6.92 Å². The average Bonchev–Trinajstić information content (AvgIpc) is 2.51. The Labute approximate surface area is 129 Å². The van der Waals surface area contributed by atoms with Gasteiger partial charge in [-0.25, -0.2) is 8.78 Å². The van der Waals surface area contributed by atoms with Crippen LogP contribution in [0.15, 0.2) is 18.2 Å². The Morgan fingerprint density at radius 1 is 1.27 bits per heavy atom. The summed E-state index contributed by atoms with van der Waals surface area (Å²) in [6, 6.07) is 3.98. The molecule has 3 nitrogen and oxygen atoms in total. The Kier molecular flexibility index (Phi) is 4.48. The molecule has 22 heavy (non-hydrogen) atoms. The van der Waals surface area contributed by atoms with Crippen molar-refractivity contribution < 1.29 is 18.6 Å². The van der Waals surface area contributed by atoms with Gasteiger partial charge in [-0.15, -0.1) is 0 Å². The highest BCUT2D eigenvalue weighted by atomic mass is 19.1. The summed E-state index contributed by atoms with van der Waals surface area (Å²) >= 11 is 0. The van der Waals surface area contributed by atoms with E-state index in [-0.39, 0.29) is 29.7 Å². The summed E-state index contributed by atoms with van der Waals surface area (Å²) < 4.78 is 33.2. The molecular weight excluding hydrogens is 288 g/mol. The molecule has 5 heteroatoms. The Morgan fingerprint density at radius 3 is 2.45 bits per heavy atom. The van der Waals surface area contributed by atoms with Crippen molar-refractivity contribution in [2.45, 2.75) is 44.9 Å². The van der Waals surface area contributed by atoms with Crippen LogP contribution in [0.3, 0.4) is 0 Å². The Balaban J connectivity index is 1.62. The number of aliphatic hydroxyl groups excluding tert-OH is 1. The molecule has 2 atom stereocenters. The number of hydrogen-bond acceptors (Lipinski definition) is 3. The first-order valence-corrected chi connectivity index (χ1v) is 8.01. The second-order valence-electron chi connectivity index (χ2n) is 6.41. The van der Waals surface area contributed by atoms with Gasteiger partial charge >= 0.3 is 0 Å². The number of piperidine rings is 1. The fourth-order valence-corrected chi connectivity index (χ4v) is 3.85. The molecule has 1 aromatic rings. The molecular formula is C17H23F2NO2. The standard InChI is InChI=1S/C17H23F2NO2/c1-2-22-16-10-15(21)17(16)6-8-20(9-7-17)11-12-13(18)4-3-5-14(12)19/h3-5,15-16,21H,2,6-11H2,1H3/t15-,16-/m0/s1. The molecule has 122 valence electrons. The number of halogens is 2. The lowest BCUT2D eigenvalue weighted by Crippen LogP contribution is -2.62. The average molecular weight is 311 g/mol. The van der Waals surface area contributed by atoms with Crippen LogP contribution in [0.1, 0.15) is 31.7 Å². The molecule has 1 saturated heterocycles. The summed E-state index contributed by atoms with van der Waals surface area (Å²) in [5.41, 5.74) is -0.0192. The van der Waals surface area contributed by atoms with Crippen molar-refractivity contribution in [1.29, 1.82) is 0 Å². The first kappa shape index (κ1) is 15.8. The van der Waals surface area contributed by atoms with Gasteiger partial charge in [0.1, 0.15) is 11.6 Å². The van der Waals surface area contributed by atoms with E-state index in [4.69, 9.17) is 4.74 Å². The number of benzene rings is 1. The van der Waals surface area contributed by atoms with Crippen LogP contribution in [-0.4, -0.2) is 41.9 Å². The molecule has 1 aliphatic heterocycles. The van der Waals surface area contributed by atoms with Gasteiger partial charge in [0.2, 0.25) is 0 Å². The van der Waals surface area contributed by atoms with E-state index < -0.39 is 11.6 Å². The van der Waals surface area contributed by atoms with Gasteiger partial charge in [-0.1, -0.05) is 6.07 Å². The topological polar surface area (TPSA) is 32.7 Å². The molecule has 2 aliphatic rings. The fourth-order valence-electron chi connectivity index (χ4n) is 3.85. The number of rotatable bonds is 4. The Hall–Kier alpha value is -1.04. The quantitative estimate of drug-likeness (QED) is 0.928. The van der Waals surface area contributed by atoms with Crippen LogP contribution in [0, 0.1) is 17.0 Å². The third-order valence-corrected chi connectivity index (χ3v) is 5.34. The highest BCUT2D eigenvalue weighted by molar-refractivity contribution is 5.20. The lowest BCUT2D eigenvalue weighted by Gasteiger charge is -2.56. The summed E-state index contributed by atoms with van der Waals surface area (Å²) in [6.07, 6.45) is 2.15. The highest BCUT2D eigenvalue weighted by Gasteiger charge is 2.55. The highest BCUT2D eigenvalue weighted by Crippen LogP contribution is 2.51. The summed E-state index contributed by atoms with van der Waals surface area (Å²) in [5, 5.41) is 10.2. The number of nitrogens with zero attached hydrogens (tertiary/aromatic N) is 1. The van der Waals surface area contributed by atoms with Crippen LogP contribution in [0.4, 0.5) is 8.78 Å². The van der Waals surface area contributed by atoms with E-state index in [1.165, 1.54) is 18.2 Å².